The quantitative estimate of drug-likeness (QED) is 0.0362. The Morgan fingerprint density at radius 3 is 1.04 bits per heavy atom. The van der Waals surface area contributed by atoms with Crippen LogP contribution in [0.1, 0.15) is 249 Å². The van der Waals surface area contributed by atoms with Gasteiger partial charge in [0.15, 0.2) is 0 Å². The van der Waals surface area contributed by atoms with Gasteiger partial charge in [-0.25, -0.2) is 0 Å². The van der Waals surface area contributed by atoms with Gasteiger partial charge in [-0.05, 0) is 137 Å². The molecule has 0 saturated heterocycles. The van der Waals surface area contributed by atoms with Crippen LogP contribution in [0, 0.1) is 0 Å². The van der Waals surface area contributed by atoms with Crippen LogP contribution in [0.5, 0.6) is 11.5 Å². The lowest BCUT2D eigenvalue weighted by atomic mass is 9.94. The first-order valence-corrected chi connectivity index (χ1v) is 28.1. The molecule has 67 heavy (non-hydrogen) atoms. The van der Waals surface area contributed by atoms with Crippen molar-refractivity contribution in [2.75, 3.05) is 52.9 Å². The Morgan fingerprint density at radius 1 is 0.299 bits per heavy atom. The molecule has 0 heterocycles. The Balaban J connectivity index is 0. The lowest BCUT2D eigenvalue weighted by Gasteiger charge is -2.18. The third-order valence-electron chi connectivity index (χ3n) is 12.0. The van der Waals surface area contributed by atoms with Gasteiger partial charge in [0.05, 0.1) is 13.2 Å². The molecule has 0 aliphatic heterocycles. The zero-order chi connectivity index (χ0) is 49.7. The molecule has 0 spiro atoms. The standard InChI is InChI=1S/C26H46O2.C23H40O2.2C5H12O2/c1-3-5-7-9-11-13-15-17-24-19-20-26(28-22-21-27)25(23-24)18-16-14-12-10-8-6-4-2;1-4-7-10-13-20-18-21(14-11-8-5-2)23(25-17-16-24)22(19-20)15-12-9-6-3;2*6-4-2-1-3-5-7/h19-20,23,27H,3-18,21-22H2,1-2H3;18-19,24H,4-17H2,1-3H3;2*6-7H,1-5H2. The Morgan fingerprint density at radius 2 is 0.612 bits per heavy atom. The highest BCUT2D eigenvalue weighted by atomic mass is 16.5. The van der Waals surface area contributed by atoms with E-state index in [4.69, 9.17) is 35.0 Å². The number of aliphatic hydroxyl groups excluding tert-OH is 6. The van der Waals surface area contributed by atoms with Gasteiger partial charge in [-0.1, -0.05) is 174 Å². The summed E-state index contributed by atoms with van der Waals surface area (Å²) in [6, 6.07) is 11.5. The summed E-state index contributed by atoms with van der Waals surface area (Å²) in [5.74, 6) is 2.05. The molecule has 8 heteroatoms. The van der Waals surface area contributed by atoms with Gasteiger partial charge >= 0.3 is 0 Å². The molecule has 0 amide bonds. The lowest BCUT2D eigenvalue weighted by molar-refractivity contribution is 0.199. The van der Waals surface area contributed by atoms with E-state index in [1.165, 1.54) is 188 Å². The van der Waals surface area contributed by atoms with E-state index in [1.54, 1.807) is 0 Å². The maximum Gasteiger partial charge on any atom is 0.125 e. The van der Waals surface area contributed by atoms with Crippen LogP contribution < -0.4 is 9.47 Å². The second-order valence-electron chi connectivity index (χ2n) is 18.5. The second kappa shape index (κ2) is 54.7. The molecule has 0 unspecified atom stereocenters. The van der Waals surface area contributed by atoms with E-state index in [9.17, 15) is 5.11 Å². The number of hydrogen-bond donors (Lipinski definition) is 6. The number of hydrogen-bond acceptors (Lipinski definition) is 8. The molecule has 6 N–H and O–H groups in total. The summed E-state index contributed by atoms with van der Waals surface area (Å²) in [4.78, 5) is 0. The average Bonchev–Trinajstić information content (AvgIpc) is 3.34. The number of unbranched alkanes of at least 4 members (excludes halogenated alkanes) is 22. The molecule has 2 aromatic carbocycles. The average molecular weight is 948 g/mol. The fourth-order valence-corrected chi connectivity index (χ4v) is 8.03. The highest BCUT2D eigenvalue weighted by molar-refractivity contribution is 5.45. The van der Waals surface area contributed by atoms with Crippen molar-refractivity contribution in [2.24, 2.45) is 0 Å². The first-order valence-electron chi connectivity index (χ1n) is 28.1. The Hall–Kier alpha value is -2.20. The van der Waals surface area contributed by atoms with E-state index >= 15 is 0 Å². The monoisotopic (exact) mass is 947 g/mol. The molecule has 0 radical (unpaired) electrons. The van der Waals surface area contributed by atoms with Crippen molar-refractivity contribution in [3.05, 3.63) is 58.1 Å². The third kappa shape index (κ3) is 42.4. The number of aryl methyl sites for hydroxylation is 5. The third-order valence-corrected chi connectivity index (χ3v) is 12.0. The van der Waals surface area contributed by atoms with Gasteiger partial charge in [-0.15, -0.1) is 0 Å². The molecule has 2 rings (SSSR count). The number of benzene rings is 2. The lowest BCUT2D eigenvalue weighted by Crippen LogP contribution is -2.08. The molecule has 2 aromatic rings. The van der Waals surface area contributed by atoms with Gasteiger partial charge < -0.3 is 40.1 Å². The number of ether oxygens (including phenoxy) is 2. The second-order valence-corrected chi connectivity index (χ2v) is 18.5. The predicted molar refractivity (Wildman–Crippen MR) is 287 cm³/mol. The van der Waals surface area contributed by atoms with Crippen LogP contribution in [-0.2, 0) is 32.1 Å². The van der Waals surface area contributed by atoms with Crippen molar-refractivity contribution in [3.63, 3.8) is 0 Å². The first-order chi connectivity index (χ1) is 32.9. The molecular formula is C59H110O8. The minimum Gasteiger partial charge on any atom is -0.491 e. The number of aliphatic hydroxyl groups is 6. The van der Waals surface area contributed by atoms with Crippen molar-refractivity contribution in [2.45, 2.75) is 253 Å². The zero-order valence-corrected chi connectivity index (χ0v) is 44.6. The van der Waals surface area contributed by atoms with Crippen LogP contribution in [0.3, 0.4) is 0 Å². The van der Waals surface area contributed by atoms with Crippen molar-refractivity contribution in [1.82, 2.24) is 0 Å². The van der Waals surface area contributed by atoms with Crippen LogP contribution >= 0.6 is 0 Å². The van der Waals surface area contributed by atoms with Crippen LogP contribution in [0.25, 0.3) is 0 Å². The van der Waals surface area contributed by atoms with Gasteiger partial charge in [0.2, 0.25) is 0 Å². The minimum absolute atomic E-state index is 0.0800. The maximum absolute atomic E-state index is 9.21. The van der Waals surface area contributed by atoms with Crippen molar-refractivity contribution in [1.29, 1.82) is 0 Å². The molecule has 394 valence electrons. The van der Waals surface area contributed by atoms with Crippen molar-refractivity contribution in [3.8, 4) is 11.5 Å². The number of rotatable bonds is 42. The molecule has 8 nitrogen and oxygen atoms in total. The van der Waals surface area contributed by atoms with Gasteiger partial charge in [0.25, 0.3) is 0 Å². The summed E-state index contributed by atoms with van der Waals surface area (Å²) in [5, 5.41) is 51.1. The highest BCUT2D eigenvalue weighted by Crippen LogP contribution is 2.31. The van der Waals surface area contributed by atoms with E-state index in [-0.39, 0.29) is 39.6 Å². The molecule has 0 aliphatic rings. The maximum atomic E-state index is 9.21. The SMILES string of the molecule is CCCCCCCCCc1ccc(OCCO)c(CCCCCCCCC)c1.CCCCCc1cc(CCCCC)c(OCCO)c(CCCCC)c1.OCCCCCO.OCCCCCO. The van der Waals surface area contributed by atoms with E-state index in [0.717, 1.165) is 69.3 Å². The molecule has 0 saturated carbocycles. The summed E-state index contributed by atoms with van der Waals surface area (Å²) >= 11 is 0. The summed E-state index contributed by atoms with van der Waals surface area (Å²) in [5.41, 5.74) is 6.98. The topological polar surface area (TPSA) is 140 Å². The summed E-state index contributed by atoms with van der Waals surface area (Å²) in [6.07, 6.45) is 41.0. The van der Waals surface area contributed by atoms with Gasteiger partial charge in [0, 0.05) is 26.4 Å². The zero-order valence-electron chi connectivity index (χ0n) is 44.6. The van der Waals surface area contributed by atoms with Crippen LogP contribution in [0.15, 0.2) is 30.3 Å². The molecule has 0 atom stereocenters. The van der Waals surface area contributed by atoms with Crippen molar-refractivity contribution >= 4 is 0 Å². The molecule has 0 aromatic heterocycles. The predicted octanol–water partition coefficient (Wildman–Crippen LogP) is 14.2. The highest BCUT2D eigenvalue weighted by Gasteiger charge is 2.13. The summed E-state index contributed by atoms with van der Waals surface area (Å²) < 4.78 is 11.8. The van der Waals surface area contributed by atoms with Crippen LogP contribution in [0.4, 0.5) is 0 Å². The Bertz CT molecular complexity index is 1220. The van der Waals surface area contributed by atoms with E-state index in [1.807, 2.05) is 0 Å². The largest absolute Gasteiger partial charge is 0.491 e. The fraction of sp³-hybridized carbons (Fsp3) is 0.797. The van der Waals surface area contributed by atoms with Crippen LogP contribution in [-0.4, -0.2) is 83.5 Å². The smallest absolute Gasteiger partial charge is 0.125 e. The normalized spacial score (nSPS) is 10.7. The van der Waals surface area contributed by atoms with E-state index in [0.29, 0.717) is 13.2 Å². The molecule has 0 bridgehead atoms. The van der Waals surface area contributed by atoms with Crippen LogP contribution in [0.2, 0.25) is 0 Å². The molecule has 0 fully saturated rings. The summed E-state index contributed by atoms with van der Waals surface area (Å²) in [7, 11) is 0. The minimum atomic E-state index is 0.0800. The molecule has 0 aliphatic carbocycles. The summed E-state index contributed by atoms with van der Waals surface area (Å²) in [6.45, 7) is 13.3. The van der Waals surface area contributed by atoms with Gasteiger partial charge in [-0.2, -0.15) is 0 Å². The van der Waals surface area contributed by atoms with Gasteiger partial charge in [-0.3, -0.25) is 0 Å². The Labute approximate surface area is 414 Å². The Kier molecular flexibility index (Phi) is 54.6. The van der Waals surface area contributed by atoms with Crippen molar-refractivity contribution < 1.29 is 40.1 Å². The molecular weight excluding hydrogens is 837 g/mol. The van der Waals surface area contributed by atoms with E-state index < -0.39 is 0 Å². The first kappa shape index (κ1) is 66.9. The fourth-order valence-electron chi connectivity index (χ4n) is 8.03. The van der Waals surface area contributed by atoms with E-state index in [2.05, 4.69) is 65.0 Å². The van der Waals surface area contributed by atoms with Gasteiger partial charge in [0.1, 0.15) is 24.7 Å².